The van der Waals surface area contributed by atoms with Crippen molar-refractivity contribution in [2.45, 2.75) is 12.3 Å². The SMILES string of the molecule is O=C(O)CN1C(=O)CC(c2ccc(F)cc2)C1=O. The Bertz CT molecular complexity index is 511. The number of carbonyl (C=O) groups excluding carboxylic acids is 2. The minimum absolute atomic E-state index is 0.0717. The summed E-state index contributed by atoms with van der Waals surface area (Å²) < 4.78 is 12.8. The van der Waals surface area contributed by atoms with E-state index in [9.17, 15) is 18.8 Å². The summed E-state index contributed by atoms with van der Waals surface area (Å²) in [5.74, 6) is -3.45. The quantitative estimate of drug-likeness (QED) is 0.804. The van der Waals surface area contributed by atoms with Crippen molar-refractivity contribution < 1.29 is 23.9 Å². The second-order valence-electron chi connectivity index (χ2n) is 4.02. The molecule has 0 bridgehead atoms. The number of likely N-dealkylation sites (tertiary alicyclic amines) is 1. The van der Waals surface area contributed by atoms with E-state index in [-0.39, 0.29) is 6.42 Å². The molecule has 1 heterocycles. The average molecular weight is 251 g/mol. The molecule has 0 aliphatic carbocycles. The highest BCUT2D eigenvalue weighted by molar-refractivity contribution is 6.07. The Hall–Kier alpha value is -2.24. The van der Waals surface area contributed by atoms with Crippen molar-refractivity contribution in [2.24, 2.45) is 0 Å². The molecule has 1 aromatic rings. The third-order valence-corrected chi connectivity index (χ3v) is 2.81. The van der Waals surface area contributed by atoms with Crippen molar-refractivity contribution in [2.75, 3.05) is 6.54 Å². The summed E-state index contributed by atoms with van der Waals surface area (Å²) in [6, 6.07) is 5.25. The number of halogens is 1. The van der Waals surface area contributed by atoms with Gasteiger partial charge in [0.25, 0.3) is 0 Å². The molecule has 1 N–H and O–H groups in total. The topological polar surface area (TPSA) is 74.7 Å². The number of amides is 2. The lowest BCUT2D eigenvalue weighted by atomic mass is 9.98. The van der Waals surface area contributed by atoms with E-state index in [2.05, 4.69) is 0 Å². The van der Waals surface area contributed by atoms with Gasteiger partial charge in [-0.15, -0.1) is 0 Å². The number of carboxylic acid groups (broad SMARTS) is 1. The number of rotatable bonds is 3. The summed E-state index contributed by atoms with van der Waals surface area (Å²) in [4.78, 5) is 34.7. The van der Waals surface area contributed by atoms with Crippen LogP contribution in [0.25, 0.3) is 0 Å². The highest BCUT2D eigenvalue weighted by Gasteiger charge is 2.40. The van der Waals surface area contributed by atoms with E-state index in [4.69, 9.17) is 5.11 Å². The lowest BCUT2D eigenvalue weighted by Crippen LogP contribution is -2.35. The number of hydrogen-bond donors (Lipinski definition) is 1. The molecule has 1 aromatic carbocycles. The lowest BCUT2D eigenvalue weighted by molar-refractivity contribution is -0.148. The van der Waals surface area contributed by atoms with Gasteiger partial charge in [-0.3, -0.25) is 19.3 Å². The van der Waals surface area contributed by atoms with Crippen LogP contribution in [-0.4, -0.2) is 34.3 Å². The maximum absolute atomic E-state index is 12.8. The van der Waals surface area contributed by atoms with E-state index in [1.165, 1.54) is 24.3 Å². The molecule has 5 nitrogen and oxygen atoms in total. The Morgan fingerprint density at radius 3 is 2.50 bits per heavy atom. The second kappa shape index (κ2) is 4.56. The van der Waals surface area contributed by atoms with Crippen LogP contribution in [0.1, 0.15) is 17.9 Å². The highest BCUT2D eigenvalue weighted by atomic mass is 19.1. The zero-order valence-corrected chi connectivity index (χ0v) is 9.30. The lowest BCUT2D eigenvalue weighted by Gasteiger charge is -2.12. The fourth-order valence-corrected chi connectivity index (χ4v) is 1.94. The van der Waals surface area contributed by atoms with Gasteiger partial charge in [-0.05, 0) is 17.7 Å². The van der Waals surface area contributed by atoms with Crippen LogP contribution in [0.4, 0.5) is 4.39 Å². The van der Waals surface area contributed by atoms with Gasteiger partial charge in [-0.2, -0.15) is 0 Å². The number of imide groups is 1. The fraction of sp³-hybridized carbons (Fsp3) is 0.250. The Morgan fingerprint density at radius 1 is 1.33 bits per heavy atom. The first-order valence-corrected chi connectivity index (χ1v) is 5.30. The fourth-order valence-electron chi connectivity index (χ4n) is 1.94. The largest absolute Gasteiger partial charge is 0.480 e. The van der Waals surface area contributed by atoms with Crippen molar-refractivity contribution in [3.8, 4) is 0 Å². The van der Waals surface area contributed by atoms with Crippen LogP contribution in [0.15, 0.2) is 24.3 Å². The van der Waals surface area contributed by atoms with Gasteiger partial charge in [0, 0.05) is 6.42 Å². The summed E-state index contributed by atoms with van der Waals surface area (Å²) in [6.07, 6.45) is -0.0717. The minimum Gasteiger partial charge on any atom is -0.480 e. The number of carboxylic acids is 1. The van der Waals surface area contributed by atoms with Gasteiger partial charge >= 0.3 is 5.97 Å². The molecule has 1 atom stereocenters. The van der Waals surface area contributed by atoms with Crippen molar-refractivity contribution >= 4 is 17.8 Å². The summed E-state index contributed by atoms with van der Waals surface area (Å²) in [5.41, 5.74) is 0.516. The highest BCUT2D eigenvalue weighted by Crippen LogP contribution is 2.29. The first-order chi connectivity index (χ1) is 8.49. The number of nitrogens with zero attached hydrogens (tertiary/aromatic N) is 1. The third-order valence-electron chi connectivity index (χ3n) is 2.81. The van der Waals surface area contributed by atoms with Crippen LogP contribution in [-0.2, 0) is 14.4 Å². The first kappa shape index (κ1) is 12.2. The van der Waals surface area contributed by atoms with Crippen LogP contribution in [0.3, 0.4) is 0 Å². The van der Waals surface area contributed by atoms with E-state index >= 15 is 0 Å². The Morgan fingerprint density at radius 2 is 1.94 bits per heavy atom. The molecule has 1 aliphatic heterocycles. The van der Waals surface area contributed by atoms with E-state index in [1.54, 1.807) is 0 Å². The Balaban J connectivity index is 2.22. The van der Waals surface area contributed by atoms with Gasteiger partial charge < -0.3 is 5.11 Å². The van der Waals surface area contributed by atoms with Crippen LogP contribution in [0.5, 0.6) is 0 Å². The zero-order valence-electron chi connectivity index (χ0n) is 9.30. The van der Waals surface area contributed by atoms with Gasteiger partial charge in [0.2, 0.25) is 11.8 Å². The Labute approximate surface area is 102 Å². The molecule has 1 saturated heterocycles. The molecule has 0 saturated carbocycles. The predicted molar refractivity (Wildman–Crippen MR) is 58.1 cm³/mol. The maximum Gasteiger partial charge on any atom is 0.323 e. The molecular formula is C12H10FNO4. The zero-order chi connectivity index (χ0) is 13.3. The molecule has 94 valence electrons. The van der Waals surface area contributed by atoms with E-state index in [0.29, 0.717) is 5.56 Å². The monoisotopic (exact) mass is 251 g/mol. The molecular weight excluding hydrogens is 241 g/mol. The summed E-state index contributed by atoms with van der Waals surface area (Å²) >= 11 is 0. The van der Waals surface area contributed by atoms with Crippen molar-refractivity contribution in [3.05, 3.63) is 35.6 Å². The number of benzene rings is 1. The maximum atomic E-state index is 12.8. The van der Waals surface area contributed by atoms with Gasteiger partial charge in [-0.25, -0.2) is 4.39 Å². The average Bonchev–Trinajstić information content (AvgIpc) is 2.58. The summed E-state index contributed by atoms with van der Waals surface area (Å²) in [7, 11) is 0. The molecule has 0 spiro atoms. The van der Waals surface area contributed by atoms with Gasteiger partial charge in [0.1, 0.15) is 12.4 Å². The molecule has 1 unspecified atom stereocenters. The molecule has 6 heteroatoms. The molecule has 1 aliphatic rings. The van der Waals surface area contributed by atoms with Crippen LogP contribution in [0.2, 0.25) is 0 Å². The number of hydrogen-bond acceptors (Lipinski definition) is 3. The van der Waals surface area contributed by atoms with E-state index in [0.717, 1.165) is 4.90 Å². The van der Waals surface area contributed by atoms with Crippen molar-refractivity contribution in [3.63, 3.8) is 0 Å². The molecule has 0 aromatic heterocycles. The molecule has 2 rings (SSSR count). The predicted octanol–water partition coefficient (Wildman–Crippen LogP) is 0.753. The van der Waals surface area contributed by atoms with Crippen LogP contribution < -0.4 is 0 Å². The number of carbonyl (C=O) groups is 3. The van der Waals surface area contributed by atoms with Crippen LogP contribution in [0, 0.1) is 5.82 Å². The van der Waals surface area contributed by atoms with Gasteiger partial charge in [-0.1, -0.05) is 12.1 Å². The molecule has 2 amide bonds. The van der Waals surface area contributed by atoms with E-state index < -0.39 is 36.1 Å². The van der Waals surface area contributed by atoms with Crippen LogP contribution >= 0.6 is 0 Å². The van der Waals surface area contributed by atoms with Crippen molar-refractivity contribution in [1.29, 1.82) is 0 Å². The number of aliphatic carboxylic acids is 1. The minimum atomic E-state index is -1.24. The standard InChI is InChI=1S/C12H10FNO4/c13-8-3-1-7(2-4-8)9-5-10(15)14(12(9)18)6-11(16)17/h1-4,9H,5-6H2,(H,16,17). The second-order valence-corrected chi connectivity index (χ2v) is 4.02. The van der Waals surface area contributed by atoms with Gasteiger partial charge in [0.05, 0.1) is 5.92 Å². The van der Waals surface area contributed by atoms with E-state index in [1.807, 2.05) is 0 Å². The first-order valence-electron chi connectivity index (χ1n) is 5.30. The summed E-state index contributed by atoms with van der Waals surface area (Å²) in [5, 5.41) is 8.61. The third kappa shape index (κ3) is 2.22. The molecule has 18 heavy (non-hydrogen) atoms. The Kier molecular flexibility index (Phi) is 3.10. The normalized spacial score (nSPS) is 19.4. The van der Waals surface area contributed by atoms with Gasteiger partial charge in [0.15, 0.2) is 0 Å². The molecule has 0 radical (unpaired) electrons. The molecule has 1 fully saturated rings. The summed E-state index contributed by atoms with van der Waals surface area (Å²) in [6.45, 7) is -0.630. The van der Waals surface area contributed by atoms with Crippen molar-refractivity contribution in [1.82, 2.24) is 4.90 Å². The smallest absolute Gasteiger partial charge is 0.323 e.